The number of amides is 2. The summed E-state index contributed by atoms with van der Waals surface area (Å²) in [6.45, 7) is 16.0. The van der Waals surface area contributed by atoms with Gasteiger partial charge in [0.2, 0.25) is 0 Å². The number of hydrogen-bond acceptors (Lipinski definition) is 4. The molecule has 0 aromatic heterocycles. The molecule has 0 unspecified atom stereocenters. The van der Waals surface area contributed by atoms with Gasteiger partial charge in [0, 0.05) is 75.8 Å². The van der Waals surface area contributed by atoms with E-state index in [-0.39, 0.29) is 6.03 Å². The average Bonchev–Trinajstić information content (AvgIpc) is 2.81. The second-order valence-corrected chi connectivity index (χ2v) is 9.55. The van der Waals surface area contributed by atoms with E-state index in [1.54, 1.807) is 0 Å². The monoisotopic (exact) mass is 449 g/mol. The van der Waals surface area contributed by atoms with Crippen molar-refractivity contribution in [3.05, 3.63) is 59.7 Å². The maximum absolute atomic E-state index is 12.2. The van der Waals surface area contributed by atoms with Crippen LogP contribution in [0.15, 0.2) is 48.5 Å². The van der Waals surface area contributed by atoms with Gasteiger partial charge in [-0.3, -0.25) is 4.90 Å². The molecule has 2 heterocycles. The van der Waals surface area contributed by atoms with Gasteiger partial charge < -0.3 is 20.0 Å². The van der Waals surface area contributed by atoms with Crippen LogP contribution in [0.5, 0.6) is 0 Å². The maximum Gasteiger partial charge on any atom is 0.317 e. The van der Waals surface area contributed by atoms with Crippen LogP contribution in [-0.4, -0.2) is 73.7 Å². The second kappa shape index (κ2) is 10.5. The molecule has 2 aromatic rings. The van der Waals surface area contributed by atoms with Gasteiger partial charge >= 0.3 is 6.03 Å². The van der Waals surface area contributed by atoms with Gasteiger partial charge in [-0.05, 0) is 57.0 Å². The fourth-order valence-electron chi connectivity index (χ4n) is 5.23. The van der Waals surface area contributed by atoms with Gasteiger partial charge in [-0.15, -0.1) is 0 Å². The van der Waals surface area contributed by atoms with Crippen LogP contribution in [0.3, 0.4) is 0 Å². The molecule has 2 atom stereocenters. The highest BCUT2D eigenvalue weighted by Gasteiger charge is 2.28. The van der Waals surface area contributed by atoms with Crippen molar-refractivity contribution in [2.24, 2.45) is 0 Å². The van der Waals surface area contributed by atoms with Crippen molar-refractivity contribution in [3.8, 4) is 0 Å². The molecule has 0 spiro atoms. The lowest BCUT2D eigenvalue weighted by Crippen LogP contribution is -2.56. The minimum Gasteiger partial charge on any atom is -0.368 e. The lowest BCUT2D eigenvalue weighted by atomic mass is 10.1. The number of piperazine rings is 2. The van der Waals surface area contributed by atoms with Gasteiger partial charge in [0.15, 0.2) is 0 Å². The number of nitrogens with one attached hydrogen (secondary N) is 1. The largest absolute Gasteiger partial charge is 0.368 e. The zero-order valence-corrected chi connectivity index (χ0v) is 20.6. The Bertz CT molecular complexity index is 933. The molecule has 2 saturated heterocycles. The third-order valence-electron chi connectivity index (χ3n) is 7.09. The minimum atomic E-state index is 0.0519. The van der Waals surface area contributed by atoms with E-state index in [0.717, 1.165) is 45.8 Å². The van der Waals surface area contributed by atoms with Crippen LogP contribution < -0.4 is 15.1 Å². The number of carbonyl (C=O) groups is 1. The smallest absolute Gasteiger partial charge is 0.317 e. The van der Waals surface area contributed by atoms with Gasteiger partial charge in [0.05, 0.1) is 0 Å². The zero-order chi connectivity index (χ0) is 23.4. The SMILES string of the molecule is CCNC(=O)N1CCN(c2ccc(N3CCN(Cc4ccccc4)[C@@H](C)C3)c(C)c2)[C@@H](C)C1. The first-order valence-electron chi connectivity index (χ1n) is 12.4. The molecule has 6 nitrogen and oxygen atoms in total. The molecule has 0 radical (unpaired) electrons. The van der Waals surface area contributed by atoms with Crippen molar-refractivity contribution in [2.75, 3.05) is 55.6 Å². The van der Waals surface area contributed by atoms with Crippen LogP contribution >= 0.6 is 0 Å². The molecule has 6 heteroatoms. The number of aryl methyl sites for hydroxylation is 1. The molecule has 33 heavy (non-hydrogen) atoms. The Hall–Kier alpha value is -2.73. The summed E-state index contributed by atoms with van der Waals surface area (Å²) in [5.74, 6) is 0. The predicted octanol–water partition coefficient (Wildman–Crippen LogP) is 3.95. The van der Waals surface area contributed by atoms with E-state index in [1.807, 2.05) is 11.8 Å². The lowest BCUT2D eigenvalue weighted by Gasteiger charge is -2.43. The Morgan fingerprint density at radius 2 is 1.76 bits per heavy atom. The molecule has 2 fully saturated rings. The van der Waals surface area contributed by atoms with Gasteiger partial charge in [0.25, 0.3) is 0 Å². The van der Waals surface area contributed by atoms with Gasteiger partial charge in [-0.1, -0.05) is 30.3 Å². The summed E-state index contributed by atoms with van der Waals surface area (Å²) < 4.78 is 0. The summed E-state index contributed by atoms with van der Waals surface area (Å²) in [4.78, 5) is 21.7. The molecule has 2 aliphatic heterocycles. The normalized spacial score (nSPS) is 21.9. The van der Waals surface area contributed by atoms with Gasteiger partial charge in [-0.2, -0.15) is 0 Å². The highest BCUT2D eigenvalue weighted by Crippen LogP contribution is 2.29. The number of hydrogen-bond donors (Lipinski definition) is 1. The van der Waals surface area contributed by atoms with Crippen molar-refractivity contribution in [1.82, 2.24) is 15.1 Å². The predicted molar refractivity (Wildman–Crippen MR) is 137 cm³/mol. The molecule has 2 aliphatic rings. The highest BCUT2D eigenvalue weighted by molar-refractivity contribution is 5.74. The van der Waals surface area contributed by atoms with E-state index in [0.29, 0.717) is 18.6 Å². The molecule has 0 saturated carbocycles. The summed E-state index contributed by atoms with van der Waals surface area (Å²) in [5, 5.41) is 2.92. The number of carbonyl (C=O) groups excluding carboxylic acids is 1. The Labute approximate surface area is 199 Å². The van der Waals surface area contributed by atoms with Crippen LogP contribution in [0, 0.1) is 6.92 Å². The standard InChI is InChI=1S/C27H39N5O/c1-5-28-27(33)31-15-16-32(23(4)19-31)25-11-12-26(21(2)17-25)30-14-13-29(22(3)18-30)20-24-9-7-6-8-10-24/h6-12,17,22-23H,5,13-16,18-20H2,1-4H3,(H,28,33)/t22-,23-/m0/s1. The molecule has 2 aromatic carbocycles. The summed E-state index contributed by atoms with van der Waals surface area (Å²) in [7, 11) is 0. The quantitative estimate of drug-likeness (QED) is 0.751. The summed E-state index contributed by atoms with van der Waals surface area (Å²) >= 11 is 0. The molecule has 1 N–H and O–H groups in total. The first kappa shape index (κ1) is 23.4. The average molecular weight is 450 g/mol. The Balaban J connectivity index is 1.38. The Morgan fingerprint density at radius 3 is 2.42 bits per heavy atom. The van der Waals surface area contributed by atoms with E-state index in [9.17, 15) is 4.79 Å². The molecule has 178 valence electrons. The molecular weight excluding hydrogens is 410 g/mol. The molecule has 0 aliphatic carbocycles. The third kappa shape index (κ3) is 5.44. The topological polar surface area (TPSA) is 42.1 Å². The van der Waals surface area contributed by atoms with E-state index in [1.165, 1.54) is 22.5 Å². The van der Waals surface area contributed by atoms with Crippen LogP contribution in [-0.2, 0) is 6.54 Å². The molecule has 0 bridgehead atoms. The number of benzene rings is 2. The number of anilines is 2. The maximum atomic E-state index is 12.2. The number of urea groups is 1. The minimum absolute atomic E-state index is 0.0519. The Morgan fingerprint density at radius 1 is 0.970 bits per heavy atom. The summed E-state index contributed by atoms with van der Waals surface area (Å²) in [6, 6.07) is 18.5. The van der Waals surface area contributed by atoms with E-state index < -0.39 is 0 Å². The first-order valence-corrected chi connectivity index (χ1v) is 12.4. The summed E-state index contributed by atoms with van der Waals surface area (Å²) in [5.41, 5.74) is 5.32. The van der Waals surface area contributed by atoms with E-state index in [4.69, 9.17) is 0 Å². The van der Waals surface area contributed by atoms with Crippen molar-refractivity contribution < 1.29 is 4.79 Å². The van der Waals surface area contributed by atoms with Crippen LogP contribution in [0.4, 0.5) is 16.2 Å². The molecule has 4 rings (SSSR count). The number of rotatable bonds is 5. The van der Waals surface area contributed by atoms with Crippen molar-refractivity contribution >= 4 is 17.4 Å². The van der Waals surface area contributed by atoms with E-state index >= 15 is 0 Å². The highest BCUT2D eigenvalue weighted by atomic mass is 16.2. The zero-order valence-electron chi connectivity index (χ0n) is 20.6. The second-order valence-electron chi connectivity index (χ2n) is 9.55. The lowest BCUT2D eigenvalue weighted by molar-refractivity contribution is 0.181. The Kier molecular flexibility index (Phi) is 7.43. The van der Waals surface area contributed by atoms with Crippen LogP contribution in [0.25, 0.3) is 0 Å². The fourth-order valence-corrected chi connectivity index (χ4v) is 5.23. The van der Waals surface area contributed by atoms with Gasteiger partial charge in [0.1, 0.15) is 0 Å². The summed E-state index contributed by atoms with van der Waals surface area (Å²) in [6.07, 6.45) is 0. The number of nitrogens with zero attached hydrogens (tertiary/aromatic N) is 4. The first-order chi connectivity index (χ1) is 16.0. The van der Waals surface area contributed by atoms with Crippen molar-refractivity contribution in [3.63, 3.8) is 0 Å². The van der Waals surface area contributed by atoms with Crippen LogP contribution in [0.1, 0.15) is 31.9 Å². The molecular formula is C27H39N5O. The third-order valence-corrected chi connectivity index (χ3v) is 7.09. The van der Waals surface area contributed by atoms with Gasteiger partial charge in [-0.25, -0.2) is 4.79 Å². The van der Waals surface area contributed by atoms with Crippen molar-refractivity contribution in [2.45, 2.75) is 46.3 Å². The fraction of sp³-hybridized carbons (Fsp3) is 0.519. The van der Waals surface area contributed by atoms with Crippen molar-refractivity contribution in [1.29, 1.82) is 0 Å². The molecule has 2 amide bonds. The van der Waals surface area contributed by atoms with Crippen LogP contribution in [0.2, 0.25) is 0 Å². The van der Waals surface area contributed by atoms with E-state index in [2.05, 4.69) is 89.3 Å².